The number of rotatable bonds is 2. The molecule has 4 heteroatoms. The number of anilines is 1. The van der Waals surface area contributed by atoms with Gasteiger partial charge >= 0.3 is 0 Å². The van der Waals surface area contributed by atoms with Crippen molar-refractivity contribution >= 4 is 23.2 Å². The largest absolute Gasteiger partial charge is 0.322 e. The fraction of sp³-hybridized carbons (Fsp3) is 0.235. The summed E-state index contributed by atoms with van der Waals surface area (Å²) >= 11 is 5.73. The number of carbonyl (C=O) groups is 1. The van der Waals surface area contributed by atoms with Crippen LogP contribution in [0.5, 0.6) is 0 Å². The number of hydrogen-bond donors (Lipinski definition) is 1. The zero-order valence-electron chi connectivity index (χ0n) is 11.5. The van der Waals surface area contributed by atoms with E-state index in [1.165, 1.54) is 30.2 Å². The molecule has 0 radical (unpaired) electrons. The molecule has 1 N–H and O–H groups in total. The maximum absolute atomic E-state index is 13.1. The molecule has 0 aromatic heterocycles. The van der Waals surface area contributed by atoms with Gasteiger partial charge in [-0.1, -0.05) is 23.7 Å². The van der Waals surface area contributed by atoms with Crippen LogP contribution in [0.3, 0.4) is 0 Å². The molecule has 108 valence electrons. The number of halogens is 2. The third kappa shape index (κ3) is 2.93. The first kappa shape index (κ1) is 14.1. The molecule has 0 fully saturated rings. The number of hydrogen-bond acceptors (Lipinski definition) is 1. The first-order valence-electron chi connectivity index (χ1n) is 7.02. The number of benzene rings is 2. The standard InChI is InChI=1S/C17H15ClFNO/c18-15-10-12(8-9-16(15)19)20-17(21)14-7-3-5-11-4-1-2-6-13(11)14/h3,5,7-10H,1-2,4,6H2,(H,20,21). The van der Waals surface area contributed by atoms with Crippen molar-refractivity contribution in [2.45, 2.75) is 25.7 Å². The van der Waals surface area contributed by atoms with Crippen LogP contribution in [-0.2, 0) is 12.8 Å². The lowest BCUT2D eigenvalue weighted by molar-refractivity contribution is 0.102. The first-order chi connectivity index (χ1) is 10.1. The second-order valence-corrected chi connectivity index (χ2v) is 5.64. The van der Waals surface area contributed by atoms with E-state index >= 15 is 0 Å². The molecule has 0 bridgehead atoms. The van der Waals surface area contributed by atoms with E-state index in [0.717, 1.165) is 24.8 Å². The summed E-state index contributed by atoms with van der Waals surface area (Å²) in [6, 6.07) is 10.0. The van der Waals surface area contributed by atoms with E-state index in [4.69, 9.17) is 11.6 Å². The lowest BCUT2D eigenvalue weighted by atomic mass is 9.88. The minimum absolute atomic E-state index is 0.00268. The van der Waals surface area contributed by atoms with Crippen LogP contribution in [0.2, 0.25) is 5.02 Å². The summed E-state index contributed by atoms with van der Waals surface area (Å²) in [5, 5.41) is 2.79. The normalized spacial score (nSPS) is 13.6. The molecule has 1 aliphatic rings. The van der Waals surface area contributed by atoms with Gasteiger partial charge in [-0.05, 0) is 61.1 Å². The Hall–Kier alpha value is -1.87. The number of fused-ring (bicyclic) bond motifs is 1. The Kier molecular flexibility index (Phi) is 3.93. The van der Waals surface area contributed by atoms with Crippen molar-refractivity contribution in [1.29, 1.82) is 0 Å². The molecule has 2 aromatic rings. The van der Waals surface area contributed by atoms with Crippen LogP contribution in [0, 0.1) is 5.82 Å². The summed E-state index contributed by atoms with van der Waals surface area (Å²) < 4.78 is 13.1. The zero-order valence-corrected chi connectivity index (χ0v) is 12.2. The molecule has 0 aliphatic heterocycles. The van der Waals surface area contributed by atoms with E-state index in [1.807, 2.05) is 12.1 Å². The summed E-state index contributed by atoms with van der Waals surface area (Å²) in [6.45, 7) is 0. The second-order valence-electron chi connectivity index (χ2n) is 5.23. The quantitative estimate of drug-likeness (QED) is 0.862. The van der Waals surface area contributed by atoms with E-state index in [0.29, 0.717) is 11.3 Å². The van der Waals surface area contributed by atoms with Gasteiger partial charge in [0.1, 0.15) is 5.82 Å². The van der Waals surface area contributed by atoms with Crippen molar-refractivity contribution < 1.29 is 9.18 Å². The van der Waals surface area contributed by atoms with Crippen molar-refractivity contribution in [3.05, 3.63) is 63.9 Å². The molecule has 2 nitrogen and oxygen atoms in total. The molecule has 0 saturated carbocycles. The van der Waals surface area contributed by atoms with Crippen LogP contribution in [0.25, 0.3) is 0 Å². The van der Waals surface area contributed by atoms with Crippen LogP contribution in [0.1, 0.15) is 34.3 Å². The van der Waals surface area contributed by atoms with E-state index in [2.05, 4.69) is 11.4 Å². The average Bonchev–Trinajstić information content (AvgIpc) is 2.50. The molecule has 0 atom stereocenters. The fourth-order valence-corrected chi connectivity index (χ4v) is 2.95. The number of nitrogens with one attached hydrogen (secondary N) is 1. The highest BCUT2D eigenvalue weighted by atomic mass is 35.5. The Balaban J connectivity index is 1.87. The van der Waals surface area contributed by atoms with Crippen LogP contribution in [0.4, 0.5) is 10.1 Å². The van der Waals surface area contributed by atoms with Crippen molar-refractivity contribution in [2.75, 3.05) is 5.32 Å². The maximum atomic E-state index is 13.1. The smallest absolute Gasteiger partial charge is 0.255 e. The van der Waals surface area contributed by atoms with Crippen LogP contribution >= 0.6 is 11.6 Å². The Morgan fingerprint density at radius 2 is 1.95 bits per heavy atom. The second kappa shape index (κ2) is 5.86. The average molecular weight is 304 g/mol. The predicted molar refractivity (Wildman–Crippen MR) is 82.4 cm³/mol. The van der Waals surface area contributed by atoms with Crippen molar-refractivity contribution in [3.8, 4) is 0 Å². The summed E-state index contributed by atoms with van der Waals surface area (Å²) in [6.07, 6.45) is 4.24. The van der Waals surface area contributed by atoms with Crippen molar-refractivity contribution in [1.82, 2.24) is 0 Å². The van der Waals surface area contributed by atoms with Gasteiger partial charge in [0, 0.05) is 11.3 Å². The van der Waals surface area contributed by atoms with Gasteiger partial charge in [-0.2, -0.15) is 0 Å². The summed E-state index contributed by atoms with van der Waals surface area (Å²) in [5.74, 6) is -0.664. The molecule has 2 aromatic carbocycles. The third-order valence-electron chi connectivity index (χ3n) is 3.82. The van der Waals surface area contributed by atoms with Crippen LogP contribution in [0.15, 0.2) is 36.4 Å². The Morgan fingerprint density at radius 3 is 2.76 bits per heavy atom. The van der Waals surface area contributed by atoms with Gasteiger partial charge in [-0.25, -0.2) is 4.39 Å². The molecule has 0 heterocycles. The Labute approximate surface area is 127 Å². The predicted octanol–water partition coefficient (Wildman–Crippen LogP) is 4.61. The Bertz CT molecular complexity index is 699. The zero-order chi connectivity index (χ0) is 14.8. The van der Waals surface area contributed by atoms with E-state index in [-0.39, 0.29) is 10.9 Å². The monoisotopic (exact) mass is 303 g/mol. The molecular weight excluding hydrogens is 289 g/mol. The highest BCUT2D eigenvalue weighted by molar-refractivity contribution is 6.31. The summed E-state index contributed by atoms with van der Waals surface area (Å²) in [5.41, 5.74) is 3.59. The number of carbonyl (C=O) groups excluding carboxylic acids is 1. The van der Waals surface area contributed by atoms with Gasteiger partial charge in [-0.15, -0.1) is 0 Å². The van der Waals surface area contributed by atoms with E-state index in [9.17, 15) is 9.18 Å². The van der Waals surface area contributed by atoms with E-state index in [1.54, 1.807) is 0 Å². The maximum Gasteiger partial charge on any atom is 0.255 e. The number of amides is 1. The van der Waals surface area contributed by atoms with Gasteiger partial charge in [0.15, 0.2) is 0 Å². The minimum Gasteiger partial charge on any atom is -0.322 e. The van der Waals surface area contributed by atoms with E-state index < -0.39 is 5.82 Å². The van der Waals surface area contributed by atoms with Gasteiger partial charge < -0.3 is 5.32 Å². The summed E-state index contributed by atoms with van der Waals surface area (Å²) in [7, 11) is 0. The SMILES string of the molecule is O=C(Nc1ccc(F)c(Cl)c1)c1cccc2c1CCCC2. The van der Waals surface area contributed by atoms with Crippen molar-refractivity contribution in [2.24, 2.45) is 0 Å². The number of aryl methyl sites for hydroxylation is 1. The minimum atomic E-state index is -0.494. The lowest BCUT2D eigenvalue weighted by Gasteiger charge is -2.19. The molecular formula is C17H15ClFNO. The van der Waals surface area contributed by atoms with Gasteiger partial charge in [0.2, 0.25) is 0 Å². The van der Waals surface area contributed by atoms with Gasteiger partial charge in [0.25, 0.3) is 5.91 Å². The molecule has 0 spiro atoms. The third-order valence-corrected chi connectivity index (χ3v) is 4.11. The Morgan fingerprint density at radius 1 is 1.14 bits per heavy atom. The molecule has 3 rings (SSSR count). The molecule has 0 saturated heterocycles. The van der Waals surface area contributed by atoms with Gasteiger partial charge in [0.05, 0.1) is 5.02 Å². The first-order valence-corrected chi connectivity index (χ1v) is 7.40. The van der Waals surface area contributed by atoms with Crippen LogP contribution < -0.4 is 5.32 Å². The highest BCUT2D eigenvalue weighted by Crippen LogP contribution is 2.26. The van der Waals surface area contributed by atoms with Crippen LogP contribution in [-0.4, -0.2) is 5.91 Å². The lowest BCUT2D eigenvalue weighted by Crippen LogP contribution is -2.17. The molecule has 1 amide bonds. The summed E-state index contributed by atoms with van der Waals surface area (Å²) in [4.78, 5) is 12.4. The fourth-order valence-electron chi connectivity index (χ4n) is 2.77. The molecule has 1 aliphatic carbocycles. The topological polar surface area (TPSA) is 29.1 Å². The van der Waals surface area contributed by atoms with Crippen molar-refractivity contribution in [3.63, 3.8) is 0 Å². The highest BCUT2D eigenvalue weighted by Gasteiger charge is 2.17. The molecule has 0 unspecified atom stereocenters. The molecule has 21 heavy (non-hydrogen) atoms. The van der Waals surface area contributed by atoms with Gasteiger partial charge in [-0.3, -0.25) is 4.79 Å².